The monoisotopic (exact) mass is 269 g/mol. The van der Waals surface area contributed by atoms with E-state index in [1.54, 1.807) is 0 Å². The van der Waals surface area contributed by atoms with Crippen LogP contribution in [0.1, 0.15) is 36.2 Å². The number of aromatic nitrogens is 2. The van der Waals surface area contributed by atoms with Crippen LogP contribution in [0.15, 0.2) is 18.2 Å². The Morgan fingerprint density at radius 3 is 2.75 bits per heavy atom. The van der Waals surface area contributed by atoms with Crippen LogP contribution in [-0.2, 0) is 12.8 Å². The Morgan fingerprint density at radius 2 is 2.05 bits per heavy atom. The van der Waals surface area contributed by atoms with Crippen LogP contribution in [0, 0.1) is 19.8 Å². The number of aryl methyl sites for hydroxylation is 2. The molecule has 1 N–H and O–H groups in total. The predicted molar refractivity (Wildman–Crippen MR) is 83.8 cm³/mol. The molecule has 1 aromatic heterocycles. The highest BCUT2D eigenvalue weighted by atomic mass is 15.3. The summed E-state index contributed by atoms with van der Waals surface area (Å²) in [7, 11) is 0. The summed E-state index contributed by atoms with van der Waals surface area (Å²) in [5, 5.41) is 8.36. The fourth-order valence-corrected chi connectivity index (χ4v) is 2.84. The van der Waals surface area contributed by atoms with Gasteiger partial charge in [0.25, 0.3) is 0 Å². The van der Waals surface area contributed by atoms with Gasteiger partial charge >= 0.3 is 0 Å². The molecular formula is C17H23N3. The van der Waals surface area contributed by atoms with Gasteiger partial charge in [-0.2, -0.15) is 5.10 Å². The third-order valence-electron chi connectivity index (χ3n) is 4.07. The van der Waals surface area contributed by atoms with Crippen LogP contribution in [0.3, 0.4) is 0 Å². The van der Waals surface area contributed by atoms with Gasteiger partial charge in [-0.3, -0.25) is 0 Å². The Labute approximate surface area is 121 Å². The Bertz CT molecular complexity index is 638. The lowest BCUT2D eigenvalue weighted by atomic mass is 10.0. The van der Waals surface area contributed by atoms with E-state index in [4.69, 9.17) is 5.10 Å². The fraction of sp³-hybridized carbons (Fsp3) is 0.471. The first-order valence-corrected chi connectivity index (χ1v) is 7.48. The second-order valence-electron chi connectivity index (χ2n) is 6.23. The van der Waals surface area contributed by atoms with Gasteiger partial charge in [-0.25, -0.2) is 4.68 Å². The van der Waals surface area contributed by atoms with E-state index in [1.807, 2.05) is 0 Å². The van der Waals surface area contributed by atoms with Gasteiger partial charge in [0, 0.05) is 12.1 Å². The van der Waals surface area contributed by atoms with Crippen molar-refractivity contribution < 1.29 is 0 Å². The zero-order chi connectivity index (χ0) is 14.3. The highest BCUT2D eigenvalue weighted by Crippen LogP contribution is 2.30. The summed E-state index contributed by atoms with van der Waals surface area (Å²) >= 11 is 0. The molecule has 20 heavy (non-hydrogen) atoms. The van der Waals surface area contributed by atoms with Gasteiger partial charge in [-0.1, -0.05) is 19.9 Å². The summed E-state index contributed by atoms with van der Waals surface area (Å²) < 4.78 is 2.09. The van der Waals surface area contributed by atoms with E-state index in [1.165, 1.54) is 28.2 Å². The number of benzene rings is 1. The van der Waals surface area contributed by atoms with Gasteiger partial charge in [0.2, 0.25) is 0 Å². The van der Waals surface area contributed by atoms with E-state index in [0.29, 0.717) is 5.92 Å². The molecule has 0 spiro atoms. The average Bonchev–Trinajstić information content (AvgIpc) is 2.96. The van der Waals surface area contributed by atoms with E-state index < -0.39 is 0 Å². The van der Waals surface area contributed by atoms with Gasteiger partial charge in [-0.15, -0.1) is 0 Å². The molecule has 0 atom stereocenters. The Morgan fingerprint density at radius 1 is 1.25 bits per heavy atom. The maximum Gasteiger partial charge on any atom is 0.133 e. The normalized spacial score (nSPS) is 13.7. The van der Waals surface area contributed by atoms with Crippen molar-refractivity contribution in [3.05, 3.63) is 40.6 Å². The van der Waals surface area contributed by atoms with Crippen molar-refractivity contribution in [1.29, 1.82) is 0 Å². The van der Waals surface area contributed by atoms with Gasteiger partial charge in [-0.05, 0) is 55.9 Å². The largest absolute Gasteiger partial charge is 0.369 e. The number of hydrogen-bond donors (Lipinski definition) is 1. The maximum atomic E-state index is 4.87. The number of nitrogens with zero attached hydrogens (tertiary/aromatic N) is 2. The SMILES string of the molecule is Cc1ccc(-n2nc(CC(C)C)c3c2NCC3)cc1C. The predicted octanol–water partition coefficient (Wildman–Crippen LogP) is 3.66. The fourth-order valence-electron chi connectivity index (χ4n) is 2.84. The topological polar surface area (TPSA) is 29.9 Å². The van der Waals surface area contributed by atoms with Crippen molar-refractivity contribution in [3.8, 4) is 5.69 Å². The summed E-state index contributed by atoms with van der Waals surface area (Å²) in [6, 6.07) is 6.56. The number of hydrogen-bond acceptors (Lipinski definition) is 2. The molecule has 106 valence electrons. The van der Waals surface area contributed by atoms with Gasteiger partial charge < -0.3 is 5.32 Å². The number of rotatable bonds is 3. The minimum Gasteiger partial charge on any atom is -0.369 e. The van der Waals surface area contributed by atoms with E-state index in [-0.39, 0.29) is 0 Å². The van der Waals surface area contributed by atoms with Crippen molar-refractivity contribution in [3.63, 3.8) is 0 Å². The van der Waals surface area contributed by atoms with E-state index in [2.05, 4.69) is 55.9 Å². The van der Waals surface area contributed by atoms with E-state index in [0.717, 1.165) is 25.1 Å². The highest BCUT2D eigenvalue weighted by molar-refractivity contribution is 5.57. The summed E-state index contributed by atoms with van der Waals surface area (Å²) in [4.78, 5) is 0. The van der Waals surface area contributed by atoms with Crippen molar-refractivity contribution in [2.75, 3.05) is 11.9 Å². The third kappa shape index (κ3) is 2.21. The third-order valence-corrected chi connectivity index (χ3v) is 4.07. The lowest BCUT2D eigenvalue weighted by molar-refractivity contribution is 0.624. The molecule has 1 aromatic carbocycles. The van der Waals surface area contributed by atoms with Crippen molar-refractivity contribution in [2.24, 2.45) is 5.92 Å². The average molecular weight is 269 g/mol. The van der Waals surface area contributed by atoms with Crippen LogP contribution in [0.4, 0.5) is 5.82 Å². The Kier molecular flexibility index (Phi) is 3.28. The molecule has 3 heteroatoms. The second kappa shape index (κ2) is 4.97. The van der Waals surface area contributed by atoms with Gasteiger partial charge in [0.05, 0.1) is 11.4 Å². The summed E-state index contributed by atoms with van der Waals surface area (Å²) in [6.07, 6.45) is 2.16. The molecule has 3 nitrogen and oxygen atoms in total. The molecular weight excluding hydrogens is 246 g/mol. The van der Waals surface area contributed by atoms with Gasteiger partial charge in [0.1, 0.15) is 5.82 Å². The molecule has 0 fully saturated rings. The van der Waals surface area contributed by atoms with Crippen LogP contribution < -0.4 is 5.32 Å². The standard InChI is InChI=1S/C17H23N3/c1-11(2)9-16-15-7-8-18-17(15)20(19-16)14-6-5-12(3)13(4)10-14/h5-6,10-11,18H,7-9H2,1-4H3. The number of fused-ring (bicyclic) bond motifs is 1. The van der Waals surface area contributed by atoms with E-state index >= 15 is 0 Å². The molecule has 2 heterocycles. The summed E-state index contributed by atoms with van der Waals surface area (Å²) in [5.74, 6) is 1.84. The quantitative estimate of drug-likeness (QED) is 0.921. The first-order valence-electron chi connectivity index (χ1n) is 7.48. The van der Waals surface area contributed by atoms with Crippen LogP contribution in [0.5, 0.6) is 0 Å². The molecule has 0 saturated heterocycles. The summed E-state index contributed by atoms with van der Waals surface area (Å²) in [5.41, 5.74) is 6.48. The molecule has 3 rings (SSSR count). The molecule has 0 aliphatic carbocycles. The summed E-state index contributed by atoms with van der Waals surface area (Å²) in [6.45, 7) is 9.84. The lowest BCUT2D eigenvalue weighted by Gasteiger charge is -2.09. The smallest absolute Gasteiger partial charge is 0.133 e. The molecule has 0 amide bonds. The molecule has 0 unspecified atom stereocenters. The minimum absolute atomic E-state index is 0.641. The van der Waals surface area contributed by atoms with Crippen LogP contribution in [-0.4, -0.2) is 16.3 Å². The van der Waals surface area contributed by atoms with Crippen LogP contribution >= 0.6 is 0 Å². The Hall–Kier alpha value is -1.77. The molecule has 0 bridgehead atoms. The lowest BCUT2D eigenvalue weighted by Crippen LogP contribution is -2.06. The number of anilines is 1. The highest BCUT2D eigenvalue weighted by Gasteiger charge is 2.23. The van der Waals surface area contributed by atoms with Crippen molar-refractivity contribution >= 4 is 5.82 Å². The zero-order valence-electron chi connectivity index (χ0n) is 12.8. The van der Waals surface area contributed by atoms with Crippen LogP contribution in [0.2, 0.25) is 0 Å². The Balaban J connectivity index is 2.07. The van der Waals surface area contributed by atoms with Crippen molar-refractivity contribution in [2.45, 2.75) is 40.5 Å². The molecule has 0 saturated carbocycles. The van der Waals surface area contributed by atoms with Crippen molar-refractivity contribution in [1.82, 2.24) is 9.78 Å². The zero-order valence-corrected chi connectivity index (χ0v) is 12.8. The second-order valence-corrected chi connectivity index (χ2v) is 6.23. The van der Waals surface area contributed by atoms with Gasteiger partial charge in [0.15, 0.2) is 0 Å². The van der Waals surface area contributed by atoms with E-state index in [9.17, 15) is 0 Å². The minimum atomic E-state index is 0.641. The first kappa shape index (κ1) is 13.2. The maximum absolute atomic E-state index is 4.87. The molecule has 1 aliphatic heterocycles. The molecule has 0 radical (unpaired) electrons. The van der Waals surface area contributed by atoms with Crippen LogP contribution in [0.25, 0.3) is 5.69 Å². The molecule has 1 aliphatic rings. The molecule has 2 aromatic rings. The number of nitrogens with one attached hydrogen (secondary N) is 1. The first-order chi connectivity index (χ1) is 9.56.